The molecule has 1 aliphatic heterocycles. The van der Waals surface area contributed by atoms with Crippen LogP contribution in [0.5, 0.6) is 0 Å². The van der Waals surface area contributed by atoms with Gasteiger partial charge >= 0.3 is 0 Å². The van der Waals surface area contributed by atoms with Gasteiger partial charge in [-0.25, -0.2) is 4.98 Å². The smallest absolute Gasteiger partial charge is 0.259 e. The molecule has 7 heteroatoms. The van der Waals surface area contributed by atoms with Gasteiger partial charge in [-0.15, -0.1) is 11.3 Å². The monoisotopic (exact) mass is 331 g/mol. The first-order chi connectivity index (χ1) is 11.1. The van der Waals surface area contributed by atoms with Crippen LogP contribution in [0, 0.1) is 5.41 Å². The quantitative estimate of drug-likeness (QED) is 0.855. The zero-order valence-electron chi connectivity index (χ0n) is 12.6. The number of thiophene rings is 1. The molecule has 0 bridgehead atoms. The van der Waals surface area contributed by atoms with Gasteiger partial charge in [-0.3, -0.25) is 19.3 Å². The van der Waals surface area contributed by atoms with E-state index in [0.29, 0.717) is 22.5 Å². The lowest BCUT2D eigenvalue weighted by Gasteiger charge is -2.30. The Morgan fingerprint density at radius 2 is 2.00 bits per heavy atom. The van der Waals surface area contributed by atoms with Gasteiger partial charge in [0, 0.05) is 6.42 Å². The molecule has 1 aliphatic carbocycles. The Labute approximate surface area is 136 Å². The number of H-pyrrole nitrogens is 1. The predicted octanol–water partition coefficient (Wildman–Crippen LogP) is 2.19. The first-order valence-electron chi connectivity index (χ1n) is 7.90. The van der Waals surface area contributed by atoms with E-state index in [2.05, 4.69) is 9.97 Å². The molecule has 1 saturated carbocycles. The number of hydrogen-bond donors (Lipinski definition) is 1. The molecular formula is C16H17N3O3S. The molecule has 1 saturated heterocycles. The van der Waals surface area contributed by atoms with Crippen molar-refractivity contribution in [2.24, 2.45) is 5.41 Å². The van der Waals surface area contributed by atoms with Gasteiger partial charge in [-0.2, -0.15) is 0 Å². The SMILES string of the molecule is O=C1CC2(CCCCC2)C(=O)N1Cc1nc2sccc2c(=O)[nH]1. The number of aromatic nitrogens is 2. The van der Waals surface area contributed by atoms with Gasteiger partial charge in [0.1, 0.15) is 10.7 Å². The summed E-state index contributed by atoms with van der Waals surface area (Å²) in [6.07, 6.45) is 5.03. The Kier molecular flexibility index (Phi) is 3.33. The van der Waals surface area contributed by atoms with Gasteiger partial charge < -0.3 is 4.98 Å². The third-order valence-electron chi connectivity index (χ3n) is 4.99. The summed E-state index contributed by atoms with van der Waals surface area (Å²) in [6.45, 7) is 0.0580. The van der Waals surface area contributed by atoms with E-state index >= 15 is 0 Å². The highest BCUT2D eigenvalue weighted by molar-refractivity contribution is 7.16. The second kappa shape index (κ2) is 5.26. The van der Waals surface area contributed by atoms with E-state index in [1.807, 2.05) is 0 Å². The van der Waals surface area contributed by atoms with Crippen LogP contribution < -0.4 is 5.56 Å². The van der Waals surface area contributed by atoms with Crippen LogP contribution in [0.4, 0.5) is 0 Å². The number of fused-ring (bicyclic) bond motifs is 1. The standard InChI is InChI=1S/C16H17N3O3S/c20-12-8-16(5-2-1-3-6-16)15(22)19(12)9-11-17-13(21)10-4-7-23-14(10)18-11/h4,7H,1-3,5-6,8-9H2,(H,17,18,21). The zero-order chi connectivity index (χ0) is 16.0. The molecule has 120 valence electrons. The van der Waals surface area contributed by atoms with Crippen molar-refractivity contribution < 1.29 is 9.59 Å². The molecule has 2 aromatic rings. The molecule has 2 aromatic heterocycles. The molecule has 2 amide bonds. The Balaban J connectivity index is 1.63. The van der Waals surface area contributed by atoms with Gasteiger partial charge in [0.2, 0.25) is 11.8 Å². The van der Waals surface area contributed by atoms with Crippen LogP contribution in [-0.4, -0.2) is 26.7 Å². The van der Waals surface area contributed by atoms with Gasteiger partial charge in [0.15, 0.2) is 0 Å². The molecule has 2 aliphatic rings. The predicted molar refractivity (Wildman–Crippen MR) is 85.9 cm³/mol. The summed E-state index contributed by atoms with van der Waals surface area (Å²) in [5.41, 5.74) is -0.722. The summed E-state index contributed by atoms with van der Waals surface area (Å²) in [7, 11) is 0. The van der Waals surface area contributed by atoms with E-state index < -0.39 is 5.41 Å². The van der Waals surface area contributed by atoms with Crippen LogP contribution in [0.1, 0.15) is 44.3 Å². The number of imide groups is 1. The Morgan fingerprint density at radius 1 is 1.22 bits per heavy atom. The van der Waals surface area contributed by atoms with Crippen LogP contribution in [-0.2, 0) is 16.1 Å². The number of aromatic amines is 1. The number of carbonyl (C=O) groups excluding carboxylic acids is 2. The maximum Gasteiger partial charge on any atom is 0.259 e. The minimum absolute atomic E-state index is 0.0580. The summed E-state index contributed by atoms with van der Waals surface area (Å²) >= 11 is 1.38. The third kappa shape index (κ3) is 2.30. The molecule has 4 rings (SSSR count). The zero-order valence-corrected chi connectivity index (χ0v) is 13.4. The highest BCUT2D eigenvalue weighted by Crippen LogP contribution is 2.45. The van der Waals surface area contributed by atoms with E-state index in [-0.39, 0.29) is 23.9 Å². The van der Waals surface area contributed by atoms with Crippen LogP contribution in [0.3, 0.4) is 0 Å². The highest BCUT2D eigenvalue weighted by Gasteiger charge is 2.51. The number of rotatable bonds is 2. The molecule has 6 nitrogen and oxygen atoms in total. The second-order valence-electron chi connectivity index (χ2n) is 6.45. The first kappa shape index (κ1) is 14.6. The highest BCUT2D eigenvalue weighted by atomic mass is 32.1. The summed E-state index contributed by atoms with van der Waals surface area (Å²) in [6, 6.07) is 1.72. The van der Waals surface area contributed by atoms with Crippen molar-refractivity contribution >= 4 is 33.4 Å². The van der Waals surface area contributed by atoms with Gasteiger partial charge in [-0.05, 0) is 24.3 Å². The molecule has 2 fully saturated rings. The van der Waals surface area contributed by atoms with E-state index in [9.17, 15) is 14.4 Å². The number of hydrogen-bond acceptors (Lipinski definition) is 5. The minimum Gasteiger partial charge on any atom is -0.308 e. The van der Waals surface area contributed by atoms with Crippen molar-refractivity contribution in [3.63, 3.8) is 0 Å². The molecule has 1 spiro atoms. The summed E-state index contributed by atoms with van der Waals surface area (Å²) < 4.78 is 0. The summed E-state index contributed by atoms with van der Waals surface area (Å²) in [5.74, 6) is 0.140. The molecular weight excluding hydrogens is 314 g/mol. The fourth-order valence-corrected chi connectivity index (χ4v) is 4.56. The van der Waals surface area contributed by atoms with Crippen molar-refractivity contribution in [3.8, 4) is 0 Å². The van der Waals surface area contributed by atoms with E-state index in [1.165, 1.54) is 16.2 Å². The molecule has 1 N–H and O–H groups in total. The topological polar surface area (TPSA) is 83.1 Å². The fourth-order valence-electron chi connectivity index (χ4n) is 3.77. The minimum atomic E-state index is -0.497. The number of nitrogens with zero attached hydrogens (tertiary/aromatic N) is 2. The molecule has 23 heavy (non-hydrogen) atoms. The molecule has 3 heterocycles. The molecule has 0 radical (unpaired) electrons. The van der Waals surface area contributed by atoms with Crippen LogP contribution in [0.25, 0.3) is 10.2 Å². The van der Waals surface area contributed by atoms with Crippen LogP contribution in [0.2, 0.25) is 0 Å². The molecule has 0 unspecified atom stereocenters. The molecule has 0 atom stereocenters. The second-order valence-corrected chi connectivity index (χ2v) is 7.35. The number of nitrogens with one attached hydrogen (secondary N) is 1. The Morgan fingerprint density at radius 3 is 2.78 bits per heavy atom. The first-order valence-corrected chi connectivity index (χ1v) is 8.78. The normalized spacial score (nSPS) is 20.8. The Bertz CT molecular complexity index is 848. The van der Waals surface area contributed by atoms with E-state index in [4.69, 9.17) is 0 Å². The maximum absolute atomic E-state index is 12.8. The fraction of sp³-hybridized carbons (Fsp3) is 0.500. The molecule has 0 aromatic carbocycles. The van der Waals surface area contributed by atoms with Gasteiger partial charge in [-0.1, -0.05) is 19.3 Å². The van der Waals surface area contributed by atoms with Crippen molar-refractivity contribution in [3.05, 3.63) is 27.6 Å². The largest absolute Gasteiger partial charge is 0.308 e. The number of amides is 2. The summed E-state index contributed by atoms with van der Waals surface area (Å²) in [5, 5.41) is 2.35. The maximum atomic E-state index is 12.8. The third-order valence-corrected chi connectivity index (χ3v) is 5.80. The average molecular weight is 331 g/mol. The van der Waals surface area contributed by atoms with Crippen LogP contribution >= 0.6 is 11.3 Å². The van der Waals surface area contributed by atoms with Crippen molar-refractivity contribution in [2.45, 2.75) is 45.1 Å². The van der Waals surface area contributed by atoms with E-state index in [1.54, 1.807) is 11.4 Å². The Hall–Kier alpha value is -2.02. The lowest BCUT2D eigenvalue weighted by molar-refractivity contribution is -0.143. The van der Waals surface area contributed by atoms with Crippen molar-refractivity contribution in [2.75, 3.05) is 0 Å². The lowest BCUT2D eigenvalue weighted by atomic mass is 9.73. The van der Waals surface area contributed by atoms with E-state index in [0.717, 1.165) is 32.1 Å². The lowest BCUT2D eigenvalue weighted by Crippen LogP contribution is -2.37. The van der Waals surface area contributed by atoms with Gasteiger partial charge in [0.05, 0.1) is 17.3 Å². The van der Waals surface area contributed by atoms with Gasteiger partial charge in [0.25, 0.3) is 5.56 Å². The van der Waals surface area contributed by atoms with Crippen molar-refractivity contribution in [1.82, 2.24) is 14.9 Å². The number of carbonyl (C=O) groups is 2. The van der Waals surface area contributed by atoms with Crippen molar-refractivity contribution in [1.29, 1.82) is 0 Å². The average Bonchev–Trinajstić information content (AvgIpc) is 3.08. The summed E-state index contributed by atoms with van der Waals surface area (Å²) in [4.78, 5) is 46.1. The van der Waals surface area contributed by atoms with Crippen LogP contribution in [0.15, 0.2) is 16.2 Å². The number of likely N-dealkylation sites (tertiary alicyclic amines) is 1.